The molecule has 0 fully saturated rings. The van der Waals surface area contributed by atoms with E-state index in [4.69, 9.17) is 4.98 Å². The minimum atomic E-state index is 0.683. The molecule has 0 atom stereocenters. The standard InChI is InChI=1S/C17H31N3/c1-5-10-20(11-6-2)14-17-9-7-8-16(19-17)13-18-12-15(3)4/h7-9,15,18H,5-6,10-14H2,1-4H3. The van der Waals surface area contributed by atoms with Gasteiger partial charge in [-0.2, -0.15) is 0 Å². The first-order chi connectivity index (χ1) is 9.65. The Bertz CT molecular complexity index is 357. The maximum absolute atomic E-state index is 4.77. The number of hydrogen-bond donors (Lipinski definition) is 1. The van der Waals surface area contributed by atoms with Gasteiger partial charge in [-0.3, -0.25) is 9.88 Å². The van der Waals surface area contributed by atoms with Crippen LogP contribution in [0, 0.1) is 5.92 Å². The zero-order chi connectivity index (χ0) is 14.8. The van der Waals surface area contributed by atoms with Crippen molar-refractivity contribution in [3.05, 3.63) is 29.6 Å². The van der Waals surface area contributed by atoms with Crippen LogP contribution in [0.2, 0.25) is 0 Å². The summed E-state index contributed by atoms with van der Waals surface area (Å²) in [5.74, 6) is 0.683. The van der Waals surface area contributed by atoms with E-state index in [0.717, 1.165) is 38.4 Å². The van der Waals surface area contributed by atoms with Crippen molar-refractivity contribution in [1.29, 1.82) is 0 Å². The van der Waals surface area contributed by atoms with Crippen LogP contribution in [0.15, 0.2) is 18.2 Å². The molecule has 3 heteroatoms. The van der Waals surface area contributed by atoms with Crippen LogP contribution in [0.4, 0.5) is 0 Å². The molecular formula is C17H31N3. The Morgan fingerprint density at radius 2 is 1.75 bits per heavy atom. The summed E-state index contributed by atoms with van der Waals surface area (Å²) < 4.78 is 0. The number of hydrogen-bond acceptors (Lipinski definition) is 3. The Morgan fingerprint density at radius 1 is 1.10 bits per heavy atom. The summed E-state index contributed by atoms with van der Waals surface area (Å²) in [6, 6.07) is 6.38. The molecule has 0 unspecified atom stereocenters. The lowest BCUT2D eigenvalue weighted by Crippen LogP contribution is -2.26. The first-order valence-corrected chi connectivity index (χ1v) is 8.03. The molecule has 1 heterocycles. The van der Waals surface area contributed by atoms with E-state index in [1.807, 2.05) is 0 Å². The number of nitrogens with one attached hydrogen (secondary N) is 1. The SMILES string of the molecule is CCCN(CCC)Cc1cccc(CNCC(C)C)n1. The molecule has 1 rings (SSSR count). The molecule has 0 aliphatic carbocycles. The van der Waals surface area contributed by atoms with Crippen molar-refractivity contribution in [3.8, 4) is 0 Å². The molecular weight excluding hydrogens is 246 g/mol. The summed E-state index contributed by atoms with van der Waals surface area (Å²) >= 11 is 0. The Kier molecular flexibility index (Phi) is 8.47. The van der Waals surface area contributed by atoms with Crippen LogP contribution < -0.4 is 5.32 Å². The van der Waals surface area contributed by atoms with Gasteiger partial charge in [-0.15, -0.1) is 0 Å². The molecule has 1 aromatic heterocycles. The zero-order valence-electron chi connectivity index (χ0n) is 13.7. The van der Waals surface area contributed by atoms with Crippen LogP contribution in [-0.4, -0.2) is 29.5 Å². The lowest BCUT2D eigenvalue weighted by molar-refractivity contribution is 0.263. The van der Waals surface area contributed by atoms with Crippen LogP contribution in [0.5, 0.6) is 0 Å². The average molecular weight is 277 g/mol. The second-order valence-corrected chi connectivity index (χ2v) is 5.92. The second kappa shape index (κ2) is 9.89. The highest BCUT2D eigenvalue weighted by Crippen LogP contribution is 2.05. The Morgan fingerprint density at radius 3 is 2.35 bits per heavy atom. The Hall–Kier alpha value is -0.930. The van der Waals surface area contributed by atoms with Crippen molar-refractivity contribution in [2.75, 3.05) is 19.6 Å². The average Bonchev–Trinajstić information content (AvgIpc) is 2.39. The van der Waals surface area contributed by atoms with Crippen LogP contribution in [-0.2, 0) is 13.1 Å². The third-order valence-electron chi connectivity index (χ3n) is 3.19. The molecule has 20 heavy (non-hydrogen) atoms. The minimum absolute atomic E-state index is 0.683. The van der Waals surface area contributed by atoms with Crippen molar-refractivity contribution in [2.24, 2.45) is 5.92 Å². The predicted molar refractivity (Wildman–Crippen MR) is 86.6 cm³/mol. The maximum Gasteiger partial charge on any atom is 0.0547 e. The highest BCUT2D eigenvalue weighted by Gasteiger charge is 2.05. The number of rotatable bonds is 10. The first-order valence-electron chi connectivity index (χ1n) is 8.03. The number of nitrogens with zero attached hydrogens (tertiary/aromatic N) is 2. The molecule has 0 aliphatic heterocycles. The van der Waals surface area contributed by atoms with Gasteiger partial charge >= 0.3 is 0 Å². The Balaban J connectivity index is 2.53. The third-order valence-corrected chi connectivity index (χ3v) is 3.19. The van der Waals surface area contributed by atoms with E-state index in [1.54, 1.807) is 0 Å². The van der Waals surface area contributed by atoms with Gasteiger partial charge in [0.15, 0.2) is 0 Å². The molecule has 1 aromatic rings. The maximum atomic E-state index is 4.77. The van der Waals surface area contributed by atoms with E-state index in [9.17, 15) is 0 Å². The number of aromatic nitrogens is 1. The third kappa shape index (κ3) is 7.01. The largest absolute Gasteiger partial charge is 0.311 e. The molecule has 1 N–H and O–H groups in total. The second-order valence-electron chi connectivity index (χ2n) is 5.92. The van der Waals surface area contributed by atoms with Crippen molar-refractivity contribution in [1.82, 2.24) is 15.2 Å². The summed E-state index contributed by atoms with van der Waals surface area (Å²) in [7, 11) is 0. The molecule has 114 valence electrons. The summed E-state index contributed by atoms with van der Waals surface area (Å²) in [6.45, 7) is 14.1. The van der Waals surface area contributed by atoms with Gasteiger partial charge in [0.25, 0.3) is 0 Å². The van der Waals surface area contributed by atoms with Crippen molar-refractivity contribution in [3.63, 3.8) is 0 Å². The molecule has 0 aliphatic rings. The van der Waals surface area contributed by atoms with E-state index in [-0.39, 0.29) is 0 Å². The molecule has 3 nitrogen and oxygen atoms in total. The molecule has 0 saturated carbocycles. The fraction of sp³-hybridized carbons (Fsp3) is 0.706. The summed E-state index contributed by atoms with van der Waals surface area (Å²) in [5, 5.41) is 3.46. The quantitative estimate of drug-likeness (QED) is 0.710. The van der Waals surface area contributed by atoms with Crippen LogP contribution in [0.1, 0.15) is 51.9 Å². The lowest BCUT2D eigenvalue weighted by atomic mass is 10.2. The zero-order valence-corrected chi connectivity index (χ0v) is 13.7. The van der Waals surface area contributed by atoms with Crippen LogP contribution in [0.25, 0.3) is 0 Å². The monoisotopic (exact) mass is 277 g/mol. The fourth-order valence-electron chi connectivity index (χ4n) is 2.34. The van der Waals surface area contributed by atoms with Crippen molar-refractivity contribution in [2.45, 2.75) is 53.6 Å². The van der Waals surface area contributed by atoms with Crippen LogP contribution >= 0.6 is 0 Å². The van der Waals surface area contributed by atoms with Gasteiger partial charge in [-0.1, -0.05) is 33.8 Å². The van der Waals surface area contributed by atoms with Crippen molar-refractivity contribution < 1.29 is 0 Å². The van der Waals surface area contributed by atoms with E-state index < -0.39 is 0 Å². The molecule has 0 bridgehead atoms. The minimum Gasteiger partial charge on any atom is -0.311 e. The molecule has 0 aromatic carbocycles. The highest BCUT2D eigenvalue weighted by molar-refractivity contribution is 5.11. The van der Waals surface area contributed by atoms with E-state index in [1.165, 1.54) is 18.5 Å². The van der Waals surface area contributed by atoms with Gasteiger partial charge in [-0.25, -0.2) is 0 Å². The highest BCUT2D eigenvalue weighted by atomic mass is 15.1. The number of pyridine rings is 1. The van der Waals surface area contributed by atoms with E-state index >= 15 is 0 Å². The Labute approximate surface area is 124 Å². The van der Waals surface area contributed by atoms with Gasteiger partial charge in [0, 0.05) is 13.1 Å². The summed E-state index contributed by atoms with van der Waals surface area (Å²) in [6.07, 6.45) is 2.41. The van der Waals surface area contributed by atoms with Gasteiger partial charge in [0.1, 0.15) is 0 Å². The smallest absolute Gasteiger partial charge is 0.0547 e. The topological polar surface area (TPSA) is 28.2 Å². The molecule has 0 saturated heterocycles. The van der Waals surface area contributed by atoms with E-state index in [0.29, 0.717) is 5.92 Å². The summed E-state index contributed by atoms with van der Waals surface area (Å²) in [4.78, 5) is 7.26. The van der Waals surface area contributed by atoms with Crippen LogP contribution in [0.3, 0.4) is 0 Å². The molecule has 0 spiro atoms. The molecule has 0 amide bonds. The van der Waals surface area contributed by atoms with Gasteiger partial charge < -0.3 is 5.32 Å². The fourth-order valence-corrected chi connectivity index (χ4v) is 2.34. The normalized spacial score (nSPS) is 11.5. The summed E-state index contributed by atoms with van der Waals surface area (Å²) in [5.41, 5.74) is 2.34. The van der Waals surface area contributed by atoms with E-state index in [2.05, 4.69) is 56.1 Å². The predicted octanol–water partition coefficient (Wildman–Crippen LogP) is 3.45. The van der Waals surface area contributed by atoms with Crippen molar-refractivity contribution >= 4 is 0 Å². The molecule has 0 radical (unpaired) electrons. The van der Waals surface area contributed by atoms with Gasteiger partial charge in [0.2, 0.25) is 0 Å². The lowest BCUT2D eigenvalue weighted by Gasteiger charge is -2.20. The van der Waals surface area contributed by atoms with Gasteiger partial charge in [0.05, 0.1) is 11.4 Å². The first kappa shape index (κ1) is 17.1. The van der Waals surface area contributed by atoms with Gasteiger partial charge in [-0.05, 0) is 50.5 Å².